The Kier molecular flexibility index (Phi) is 8.34. The molecule has 0 radical (unpaired) electrons. The lowest BCUT2D eigenvalue weighted by atomic mass is 10.2. The third-order valence-corrected chi connectivity index (χ3v) is 5.04. The molecule has 0 spiro atoms. The first-order valence-electron chi connectivity index (χ1n) is 10.9. The zero-order chi connectivity index (χ0) is 26.2. The van der Waals surface area contributed by atoms with Crippen LogP contribution in [0.5, 0.6) is 11.5 Å². The number of carbonyl (C=O) groups excluding carboxylic acids is 2. The highest BCUT2D eigenvalue weighted by molar-refractivity contribution is 5.92. The number of benzene rings is 2. The van der Waals surface area contributed by atoms with Gasteiger partial charge in [0.1, 0.15) is 5.69 Å². The van der Waals surface area contributed by atoms with Gasteiger partial charge >= 0.3 is 0 Å². The van der Waals surface area contributed by atoms with Crippen LogP contribution in [0.1, 0.15) is 28.7 Å². The maximum absolute atomic E-state index is 12.8. The number of para-hydroxylation sites is 2. The van der Waals surface area contributed by atoms with Gasteiger partial charge < -0.3 is 20.1 Å². The summed E-state index contributed by atoms with van der Waals surface area (Å²) in [7, 11) is 1.44. The topological polar surface area (TPSA) is 155 Å². The molecule has 0 fully saturated rings. The number of aromatic nitrogens is 2. The number of aryl methyl sites for hydroxylation is 1. The molecule has 36 heavy (non-hydrogen) atoms. The van der Waals surface area contributed by atoms with Gasteiger partial charge in [-0.25, -0.2) is 4.68 Å². The number of amides is 2. The van der Waals surface area contributed by atoms with Crippen LogP contribution in [0.15, 0.2) is 53.3 Å². The smallest absolute Gasteiger partial charge is 0.294 e. The Labute approximate surface area is 206 Å². The first kappa shape index (κ1) is 25.9. The van der Waals surface area contributed by atoms with Crippen LogP contribution in [0.25, 0.3) is 5.69 Å². The zero-order valence-electron chi connectivity index (χ0n) is 19.9. The Balaban J connectivity index is 1.78. The molecule has 3 rings (SSSR count). The number of nitro groups is 1. The van der Waals surface area contributed by atoms with Crippen LogP contribution in [0.3, 0.4) is 0 Å². The fraction of sp³-hybridized carbons (Fsp3) is 0.250. The molecule has 2 N–H and O–H groups in total. The highest BCUT2D eigenvalue weighted by atomic mass is 16.6. The monoisotopic (exact) mass is 495 g/mol. The number of nitrogens with one attached hydrogen (secondary N) is 2. The summed E-state index contributed by atoms with van der Waals surface area (Å²) < 4.78 is 12.0. The second-order valence-electron chi connectivity index (χ2n) is 7.57. The van der Waals surface area contributed by atoms with Crippen molar-refractivity contribution >= 4 is 17.5 Å². The molecule has 0 aliphatic rings. The van der Waals surface area contributed by atoms with Crippen molar-refractivity contribution in [1.29, 1.82) is 0 Å². The number of carbonyl (C=O) groups is 2. The van der Waals surface area contributed by atoms with Crippen LogP contribution in [0.2, 0.25) is 0 Å². The fourth-order valence-corrected chi connectivity index (χ4v) is 3.34. The van der Waals surface area contributed by atoms with Crippen LogP contribution in [-0.2, 0) is 11.3 Å². The highest BCUT2D eigenvalue weighted by Gasteiger charge is 2.20. The molecule has 2 aromatic carbocycles. The molecule has 3 aromatic rings. The number of rotatable bonds is 10. The molecule has 12 heteroatoms. The van der Waals surface area contributed by atoms with E-state index in [1.54, 1.807) is 38.1 Å². The first-order valence-corrected chi connectivity index (χ1v) is 10.9. The SMILES string of the molecule is CCNC(=O)COc1ccc(CNC(=O)c2nn(-c3ccccc3[N+](=O)[O-])c(C)cc2=O)cc1OC. The quantitative estimate of drug-likeness (QED) is 0.319. The van der Waals surface area contributed by atoms with Gasteiger partial charge in [0.2, 0.25) is 5.43 Å². The normalized spacial score (nSPS) is 10.4. The largest absolute Gasteiger partial charge is 0.493 e. The Morgan fingerprint density at radius 2 is 1.86 bits per heavy atom. The van der Waals surface area contributed by atoms with E-state index in [-0.39, 0.29) is 30.4 Å². The summed E-state index contributed by atoms with van der Waals surface area (Å²) in [4.78, 5) is 47.7. The van der Waals surface area contributed by atoms with Gasteiger partial charge in [0, 0.05) is 30.9 Å². The Morgan fingerprint density at radius 1 is 1.11 bits per heavy atom. The van der Waals surface area contributed by atoms with E-state index >= 15 is 0 Å². The molecule has 0 bridgehead atoms. The lowest BCUT2D eigenvalue weighted by Crippen LogP contribution is -2.31. The summed E-state index contributed by atoms with van der Waals surface area (Å²) in [5.41, 5.74) is -0.152. The standard InChI is InChI=1S/C24H25N5O7/c1-4-25-22(31)14-36-20-10-9-16(12-21(20)35-3)13-26-24(32)23-19(30)11-15(2)28(27-23)17-7-5-6-8-18(17)29(33)34/h5-12H,4,13-14H2,1-3H3,(H,25,31)(H,26,32). The van der Waals surface area contributed by atoms with E-state index in [0.29, 0.717) is 29.3 Å². The fourth-order valence-electron chi connectivity index (χ4n) is 3.34. The minimum absolute atomic E-state index is 0.0340. The van der Waals surface area contributed by atoms with Gasteiger partial charge in [-0.15, -0.1) is 0 Å². The summed E-state index contributed by atoms with van der Waals surface area (Å²) in [5, 5.41) is 20.8. The van der Waals surface area contributed by atoms with E-state index in [0.717, 1.165) is 0 Å². The molecule has 1 heterocycles. The molecule has 1 aromatic heterocycles. The second-order valence-corrected chi connectivity index (χ2v) is 7.57. The molecule has 0 aliphatic heterocycles. The van der Waals surface area contributed by atoms with Crippen LogP contribution < -0.4 is 25.5 Å². The van der Waals surface area contributed by atoms with Crippen molar-refractivity contribution in [2.45, 2.75) is 20.4 Å². The minimum Gasteiger partial charge on any atom is -0.493 e. The molecule has 0 unspecified atom stereocenters. The van der Waals surface area contributed by atoms with Crippen LogP contribution >= 0.6 is 0 Å². The average molecular weight is 495 g/mol. The number of nitro benzene ring substituents is 1. The Bertz CT molecular complexity index is 1350. The highest BCUT2D eigenvalue weighted by Crippen LogP contribution is 2.28. The summed E-state index contributed by atoms with van der Waals surface area (Å²) in [6, 6.07) is 12.0. The van der Waals surface area contributed by atoms with Crippen molar-refractivity contribution in [3.8, 4) is 17.2 Å². The van der Waals surface area contributed by atoms with E-state index in [1.807, 2.05) is 0 Å². The Morgan fingerprint density at radius 3 is 2.56 bits per heavy atom. The molecule has 188 valence electrons. The molecule has 0 atom stereocenters. The maximum Gasteiger partial charge on any atom is 0.294 e. The van der Waals surface area contributed by atoms with Crippen molar-refractivity contribution in [3.05, 3.63) is 85.8 Å². The van der Waals surface area contributed by atoms with E-state index in [4.69, 9.17) is 9.47 Å². The van der Waals surface area contributed by atoms with Crippen molar-refractivity contribution in [3.63, 3.8) is 0 Å². The molecular weight excluding hydrogens is 470 g/mol. The van der Waals surface area contributed by atoms with Gasteiger partial charge in [-0.2, -0.15) is 5.10 Å². The maximum atomic E-state index is 12.8. The lowest BCUT2D eigenvalue weighted by molar-refractivity contribution is -0.384. The van der Waals surface area contributed by atoms with Crippen molar-refractivity contribution < 1.29 is 24.0 Å². The van der Waals surface area contributed by atoms with Crippen LogP contribution in [-0.4, -0.2) is 46.8 Å². The molecular formula is C24H25N5O7. The Hall–Kier alpha value is -4.74. The summed E-state index contributed by atoms with van der Waals surface area (Å²) in [5.74, 6) is -0.305. The predicted octanol–water partition coefficient (Wildman–Crippen LogP) is 1.90. The van der Waals surface area contributed by atoms with Crippen molar-refractivity contribution in [2.24, 2.45) is 0 Å². The molecule has 0 saturated carbocycles. The molecule has 0 aliphatic carbocycles. The second kappa shape index (κ2) is 11.6. The predicted molar refractivity (Wildman–Crippen MR) is 130 cm³/mol. The number of ether oxygens (including phenoxy) is 2. The van der Waals surface area contributed by atoms with Gasteiger partial charge in [0.05, 0.1) is 12.0 Å². The van der Waals surface area contributed by atoms with Gasteiger partial charge in [-0.1, -0.05) is 18.2 Å². The first-order chi connectivity index (χ1) is 17.2. The number of hydrogen-bond donors (Lipinski definition) is 2. The molecule has 2 amide bonds. The third-order valence-electron chi connectivity index (χ3n) is 5.04. The average Bonchev–Trinajstić information content (AvgIpc) is 2.86. The summed E-state index contributed by atoms with van der Waals surface area (Å²) in [6.07, 6.45) is 0. The van der Waals surface area contributed by atoms with E-state index in [1.165, 1.54) is 36.1 Å². The molecule has 12 nitrogen and oxygen atoms in total. The van der Waals surface area contributed by atoms with Crippen molar-refractivity contribution in [2.75, 3.05) is 20.3 Å². The van der Waals surface area contributed by atoms with Crippen LogP contribution in [0.4, 0.5) is 5.69 Å². The summed E-state index contributed by atoms with van der Waals surface area (Å²) >= 11 is 0. The zero-order valence-corrected chi connectivity index (χ0v) is 19.9. The summed E-state index contributed by atoms with van der Waals surface area (Å²) in [6.45, 7) is 3.71. The lowest BCUT2D eigenvalue weighted by Gasteiger charge is -2.13. The van der Waals surface area contributed by atoms with E-state index in [9.17, 15) is 24.5 Å². The van der Waals surface area contributed by atoms with Crippen LogP contribution in [0, 0.1) is 17.0 Å². The molecule has 0 saturated heterocycles. The van der Waals surface area contributed by atoms with E-state index < -0.39 is 22.0 Å². The number of hydrogen-bond acceptors (Lipinski definition) is 8. The van der Waals surface area contributed by atoms with Crippen molar-refractivity contribution in [1.82, 2.24) is 20.4 Å². The van der Waals surface area contributed by atoms with E-state index in [2.05, 4.69) is 15.7 Å². The number of likely N-dealkylation sites (N-methyl/N-ethyl adjacent to an activating group) is 1. The number of methoxy groups -OCH3 is 1. The third kappa shape index (κ3) is 6.03. The number of nitrogens with zero attached hydrogens (tertiary/aromatic N) is 3. The van der Waals surface area contributed by atoms with Gasteiger partial charge in [0.15, 0.2) is 23.8 Å². The van der Waals surface area contributed by atoms with Gasteiger partial charge in [0.25, 0.3) is 17.5 Å². The minimum atomic E-state index is -0.747. The van der Waals surface area contributed by atoms with Gasteiger partial charge in [-0.3, -0.25) is 24.5 Å². The van der Waals surface area contributed by atoms with Gasteiger partial charge in [-0.05, 0) is 37.6 Å².